The Morgan fingerprint density at radius 2 is 2.10 bits per heavy atom. The number of hydrogen-bond donors (Lipinski definition) is 2. The van der Waals surface area contributed by atoms with Gasteiger partial charge in [-0.25, -0.2) is 0 Å². The molecule has 0 saturated heterocycles. The summed E-state index contributed by atoms with van der Waals surface area (Å²) < 4.78 is 10.5. The summed E-state index contributed by atoms with van der Waals surface area (Å²) in [5.41, 5.74) is 1.65. The van der Waals surface area contributed by atoms with E-state index in [1.807, 2.05) is 19.1 Å². The second kappa shape index (κ2) is 9.12. The summed E-state index contributed by atoms with van der Waals surface area (Å²) in [6.45, 7) is 7.60. The topological polar surface area (TPSA) is 59.6 Å². The number of para-hydroxylation sites is 2. The minimum atomic E-state index is -0.116. The number of amides is 1. The van der Waals surface area contributed by atoms with Crippen molar-refractivity contribution in [3.8, 4) is 5.75 Å². The van der Waals surface area contributed by atoms with Gasteiger partial charge in [0.05, 0.1) is 32.6 Å². The molecule has 0 aliphatic rings. The van der Waals surface area contributed by atoms with Crippen molar-refractivity contribution < 1.29 is 14.3 Å². The molecule has 2 N–H and O–H groups in total. The van der Waals surface area contributed by atoms with Gasteiger partial charge in [-0.15, -0.1) is 0 Å². The first-order chi connectivity index (χ1) is 9.63. The minimum absolute atomic E-state index is 0.116. The van der Waals surface area contributed by atoms with Gasteiger partial charge in [0, 0.05) is 6.54 Å². The maximum atomic E-state index is 11.7. The Bertz CT molecular complexity index is 446. The number of hydrogen-bond acceptors (Lipinski definition) is 4. The monoisotopic (exact) mass is 278 g/mol. The summed E-state index contributed by atoms with van der Waals surface area (Å²) in [6.07, 6.45) is 0. The normalized spacial score (nSPS) is 10.1. The van der Waals surface area contributed by atoms with Gasteiger partial charge in [0.2, 0.25) is 5.91 Å². The fourth-order valence-corrected chi connectivity index (χ4v) is 1.53. The first kappa shape index (κ1) is 16.2. The standard InChI is InChI=1S/C15H22N2O3/c1-12(2)11-20-9-8-16-10-15(18)17-13-6-4-5-7-14(13)19-3/h4-7,16H,1,8-11H2,2-3H3,(H,17,18). The first-order valence-electron chi connectivity index (χ1n) is 6.49. The van der Waals surface area contributed by atoms with E-state index in [0.717, 1.165) is 5.57 Å². The van der Waals surface area contributed by atoms with Crippen molar-refractivity contribution in [2.75, 3.05) is 38.7 Å². The van der Waals surface area contributed by atoms with Crippen molar-refractivity contribution in [2.45, 2.75) is 6.92 Å². The van der Waals surface area contributed by atoms with Crippen molar-refractivity contribution in [1.29, 1.82) is 0 Å². The number of methoxy groups -OCH3 is 1. The van der Waals surface area contributed by atoms with Crippen molar-refractivity contribution >= 4 is 11.6 Å². The zero-order valence-electron chi connectivity index (χ0n) is 12.1. The van der Waals surface area contributed by atoms with Gasteiger partial charge < -0.3 is 20.1 Å². The maximum absolute atomic E-state index is 11.7. The molecule has 0 heterocycles. The number of benzene rings is 1. The van der Waals surface area contributed by atoms with Gasteiger partial charge >= 0.3 is 0 Å². The third-order valence-corrected chi connectivity index (χ3v) is 2.44. The van der Waals surface area contributed by atoms with Crippen LogP contribution in [0.25, 0.3) is 0 Å². The van der Waals surface area contributed by atoms with E-state index in [2.05, 4.69) is 17.2 Å². The van der Waals surface area contributed by atoms with Gasteiger partial charge in [0.15, 0.2) is 0 Å². The molecule has 0 saturated carbocycles. The Hall–Kier alpha value is -1.85. The van der Waals surface area contributed by atoms with E-state index in [9.17, 15) is 4.79 Å². The van der Waals surface area contributed by atoms with Crippen molar-refractivity contribution in [3.63, 3.8) is 0 Å². The average Bonchev–Trinajstić information content (AvgIpc) is 2.43. The second-order valence-electron chi connectivity index (χ2n) is 4.43. The summed E-state index contributed by atoms with van der Waals surface area (Å²) in [5, 5.41) is 5.80. The lowest BCUT2D eigenvalue weighted by molar-refractivity contribution is -0.115. The van der Waals surface area contributed by atoms with Crippen LogP contribution in [-0.2, 0) is 9.53 Å². The van der Waals surface area contributed by atoms with E-state index in [0.29, 0.717) is 31.2 Å². The predicted molar refractivity (Wildman–Crippen MR) is 80.1 cm³/mol. The third kappa shape index (κ3) is 6.36. The molecular formula is C15H22N2O3. The Kier molecular flexibility index (Phi) is 7.39. The molecule has 1 aromatic carbocycles. The summed E-state index contributed by atoms with van der Waals surface area (Å²) >= 11 is 0. The van der Waals surface area contributed by atoms with E-state index in [1.54, 1.807) is 19.2 Å². The van der Waals surface area contributed by atoms with Crippen LogP contribution >= 0.6 is 0 Å². The molecule has 0 aliphatic heterocycles. The van der Waals surface area contributed by atoms with E-state index in [1.165, 1.54) is 0 Å². The van der Waals surface area contributed by atoms with Gasteiger partial charge in [-0.1, -0.05) is 24.3 Å². The van der Waals surface area contributed by atoms with Crippen molar-refractivity contribution in [1.82, 2.24) is 5.32 Å². The molecule has 5 nitrogen and oxygen atoms in total. The fraction of sp³-hybridized carbons (Fsp3) is 0.400. The molecule has 0 spiro atoms. The molecule has 0 bridgehead atoms. The highest BCUT2D eigenvalue weighted by atomic mass is 16.5. The van der Waals surface area contributed by atoms with Crippen LogP contribution in [0.1, 0.15) is 6.92 Å². The zero-order chi connectivity index (χ0) is 14.8. The zero-order valence-corrected chi connectivity index (χ0v) is 12.1. The number of ether oxygens (including phenoxy) is 2. The molecule has 110 valence electrons. The first-order valence-corrected chi connectivity index (χ1v) is 6.49. The minimum Gasteiger partial charge on any atom is -0.495 e. The molecule has 0 aliphatic carbocycles. The molecular weight excluding hydrogens is 256 g/mol. The molecule has 0 aromatic heterocycles. The Morgan fingerprint density at radius 3 is 2.80 bits per heavy atom. The van der Waals surface area contributed by atoms with E-state index >= 15 is 0 Å². The van der Waals surface area contributed by atoms with Gasteiger partial charge in [0.1, 0.15) is 5.75 Å². The Morgan fingerprint density at radius 1 is 1.35 bits per heavy atom. The highest BCUT2D eigenvalue weighted by Gasteiger charge is 2.05. The molecule has 5 heteroatoms. The second-order valence-corrected chi connectivity index (χ2v) is 4.43. The van der Waals surface area contributed by atoms with Crippen LogP contribution in [0.15, 0.2) is 36.4 Å². The molecule has 0 radical (unpaired) electrons. The lowest BCUT2D eigenvalue weighted by Gasteiger charge is -2.10. The Labute approximate surface area is 120 Å². The molecule has 1 rings (SSSR count). The summed E-state index contributed by atoms with van der Waals surface area (Å²) in [7, 11) is 1.57. The van der Waals surface area contributed by atoms with Crippen LogP contribution in [0.2, 0.25) is 0 Å². The van der Waals surface area contributed by atoms with Crippen LogP contribution in [-0.4, -0.2) is 39.3 Å². The average molecular weight is 278 g/mol. The predicted octanol–water partition coefficient (Wildman–Crippen LogP) is 1.82. The number of carbonyl (C=O) groups is 1. The summed E-state index contributed by atoms with van der Waals surface area (Å²) in [5.74, 6) is 0.528. The molecule has 0 fully saturated rings. The number of carbonyl (C=O) groups excluding carboxylic acids is 1. The molecule has 1 amide bonds. The van der Waals surface area contributed by atoms with Crippen LogP contribution < -0.4 is 15.4 Å². The molecule has 20 heavy (non-hydrogen) atoms. The Balaban J connectivity index is 2.22. The highest BCUT2D eigenvalue weighted by Crippen LogP contribution is 2.22. The summed E-state index contributed by atoms with van der Waals surface area (Å²) in [4.78, 5) is 11.7. The quantitative estimate of drug-likeness (QED) is 0.534. The third-order valence-electron chi connectivity index (χ3n) is 2.44. The van der Waals surface area contributed by atoms with E-state index in [-0.39, 0.29) is 12.5 Å². The lowest BCUT2D eigenvalue weighted by atomic mass is 10.3. The smallest absolute Gasteiger partial charge is 0.238 e. The molecule has 0 unspecified atom stereocenters. The van der Waals surface area contributed by atoms with Gasteiger partial charge in [-0.2, -0.15) is 0 Å². The number of nitrogens with one attached hydrogen (secondary N) is 2. The van der Waals surface area contributed by atoms with E-state index < -0.39 is 0 Å². The van der Waals surface area contributed by atoms with Crippen molar-refractivity contribution in [3.05, 3.63) is 36.4 Å². The fourth-order valence-electron chi connectivity index (χ4n) is 1.53. The largest absolute Gasteiger partial charge is 0.495 e. The van der Waals surface area contributed by atoms with Gasteiger partial charge in [0.25, 0.3) is 0 Å². The highest BCUT2D eigenvalue weighted by molar-refractivity contribution is 5.93. The summed E-state index contributed by atoms with van der Waals surface area (Å²) in [6, 6.07) is 7.30. The number of anilines is 1. The van der Waals surface area contributed by atoms with Gasteiger partial charge in [-0.05, 0) is 19.1 Å². The lowest BCUT2D eigenvalue weighted by Crippen LogP contribution is -2.30. The van der Waals surface area contributed by atoms with Crippen LogP contribution in [0, 0.1) is 0 Å². The van der Waals surface area contributed by atoms with Crippen LogP contribution in [0.3, 0.4) is 0 Å². The SMILES string of the molecule is C=C(C)COCCNCC(=O)Nc1ccccc1OC. The van der Waals surface area contributed by atoms with E-state index in [4.69, 9.17) is 9.47 Å². The van der Waals surface area contributed by atoms with Crippen LogP contribution in [0.4, 0.5) is 5.69 Å². The van der Waals surface area contributed by atoms with Crippen molar-refractivity contribution in [2.24, 2.45) is 0 Å². The maximum Gasteiger partial charge on any atom is 0.238 e. The van der Waals surface area contributed by atoms with Gasteiger partial charge in [-0.3, -0.25) is 4.79 Å². The van der Waals surface area contributed by atoms with Crippen LogP contribution in [0.5, 0.6) is 5.75 Å². The molecule has 1 aromatic rings. The molecule has 0 atom stereocenters. The number of rotatable bonds is 9.